The molecule has 9 nitrogen and oxygen atoms in total. The molecule has 0 radical (unpaired) electrons. The molecule has 2 aromatic carbocycles. The molecule has 3 N–H and O–H groups in total. The number of urea groups is 1. The molecular formula is C21H18IN3O6. The van der Waals surface area contributed by atoms with Crippen molar-refractivity contribution in [2.24, 2.45) is 0 Å². The molecule has 0 saturated carbocycles. The van der Waals surface area contributed by atoms with Gasteiger partial charge in [0.1, 0.15) is 5.57 Å². The van der Waals surface area contributed by atoms with Crippen LogP contribution in [0, 0.1) is 3.57 Å². The maximum absolute atomic E-state index is 12.2. The monoisotopic (exact) mass is 535 g/mol. The Kier molecular flexibility index (Phi) is 7.23. The minimum absolute atomic E-state index is 0.214. The van der Waals surface area contributed by atoms with Gasteiger partial charge in [-0.15, -0.1) is 0 Å². The first-order valence-corrected chi connectivity index (χ1v) is 10.3. The highest BCUT2D eigenvalue weighted by Crippen LogP contribution is 2.35. The molecule has 1 aliphatic heterocycles. The fourth-order valence-electron chi connectivity index (χ4n) is 2.70. The molecule has 0 spiro atoms. The number of hydrogen-bond donors (Lipinski definition) is 3. The van der Waals surface area contributed by atoms with Gasteiger partial charge in [0.25, 0.3) is 17.7 Å². The summed E-state index contributed by atoms with van der Waals surface area (Å²) in [4.78, 5) is 47.3. The Labute approximate surface area is 191 Å². The van der Waals surface area contributed by atoms with E-state index in [1.807, 2.05) is 51.4 Å². The molecule has 0 aromatic heterocycles. The highest BCUT2D eigenvalue weighted by atomic mass is 127. The summed E-state index contributed by atoms with van der Waals surface area (Å²) in [5.74, 6) is -1.21. The van der Waals surface area contributed by atoms with Crippen molar-refractivity contribution in [1.29, 1.82) is 0 Å². The summed E-state index contributed by atoms with van der Waals surface area (Å²) in [6.45, 7) is 1.88. The van der Waals surface area contributed by atoms with E-state index in [0.717, 1.165) is 0 Å². The Balaban J connectivity index is 1.79. The summed E-state index contributed by atoms with van der Waals surface area (Å²) in [5.41, 5.74) is 0.928. The molecule has 0 atom stereocenters. The van der Waals surface area contributed by atoms with E-state index in [1.54, 1.807) is 31.2 Å². The molecule has 1 fully saturated rings. The SMILES string of the molecule is CCOc1cc(C=C2C(=O)NC(=O)NC2=O)cc(I)c1OCC(=O)Nc1ccccc1. The van der Waals surface area contributed by atoms with Crippen molar-refractivity contribution >= 4 is 58.1 Å². The van der Waals surface area contributed by atoms with Crippen molar-refractivity contribution in [3.63, 3.8) is 0 Å². The molecule has 5 amide bonds. The fraction of sp³-hybridized carbons (Fsp3) is 0.143. The van der Waals surface area contributed by atoms with Gasteiger partial charge in [-0.2, -0.15) is 0 Å². The van der Waals surface area contributed by atoms with Crippen LogP contribution in [-0.2, 0) is 14.4 Å². The minimum atomic E-state index is -0.866. The third-order valence-electron chi connectivity index (χ3n) is 3.99. The number of nitrogens with one attached hydrogen (secondary N) is 3. The van der Waals surface area contributed by atoms with Crippen molar-refractivity contribution < 1.29 is 28.7 Å². The standard InChI is InChI=1S/C21H18IN3O6/c1-2-30-16-10-12(8-14-19(27)24-21(29)25-20(14)28)9-15(22)18(16)31-11-17(26)23-13-6-4-3-5-7-13/h3-10H,2,11H2,1H3,(H,23,26)(H2,24,25,27,28,29). The number of carbonyl (C=O) groups is 4. The molecule has 3 rings (SSSR count). The minimum Gasteiger partial charge on any atom is -0.490 e. The third kappa shape index (κ3) is 5.81. The lowest BCUT2D eigenvalue weighted by atomic mass is 10.1. The van der Waals surface area contributed by atoms with Crippen LogP contribution in [-0.4, -0.2) is 37.0 Å². The van der Waals surface area contributed by atoms with Gasteiger partial charge in [-0.1, -0.05) is 18.2 Å². The first-order chi connectivity index (χ1) is 14.9. The van der Waals surface area contributed by atoms with Gasteiger partial charge in [-0.3, -0.25) is 25.0 Å². The van der Waals surface area contributed by atoms with Crippen LogP contribution >= 0.6 is 22.6 Å². The summed E-state index contributed by atoms with van der Waals surface area (Å²) >= 11 is 2.01. The lowest BCUT2D eigenvalue weighted by Gasteiger charge is -2.16. The highest BCUT2D eigenvalue weighted by Gasteiger charge is 2.28. The molecule has 1 heterocycles. The smallest absolute Gasteiger partial charge is 0.328 e. The molecule has 31 heavy (non-hydrogen) atoms. The average Bonchev–Trinajstić information content (AvgIpc) is 2.71. The Morgan fingerprint density at radius 1 is 1.06 bits per heavy atom. The number of hydrogen-bond acceptors (Lipinski definition) is 6. The predicted octanol–water partition coefficient (Wildman–Crippen LogP) is 2.46. The Morgan fingerprint density at radius 3 is 2.39 bits per heavy atom. The second-order valence-electron chi connectivity index (χ2n) is 6.26. The maximum atomic E-state index is 12.2. The summed E-state index contributed by atoms with van der Waals surface area (Å²) in [6, 6.07) is 11.4. The molecule has 160 valence electrons. The number of carbonyl (C=O) groups excluding carboxylic acids is 4. The number of imide groups is 2. The number of barbiturate groups is 1. The van der Waals surface area contributed by atoms with Crippen LogP contribution in [0.2, 0.25) is 0 Å². The lowest BCUT2D eigenvalue weighted by molar-refractivity contribution is -0.124. The van der Waals surface area contributed by atoms with Gasteiger partial charge in [0.05, 0.1) is 10.2 Å². The van der Waals surface area contributed by atoms with Crippen molar-refractivity contribution in [3.8, 4) is 11.5 Å². The van der Waals surface area contributed by atoms with Gasteiger partial charge < -0.3 is 14.8 Å². The molecule has 0 bridgehead atoms. The Morgan fingerprint density at radius 2 is 1.74 bits per heavy atom. The molecule has 1 aliphatic rings. The van der Waals surface area contributed by atoms with Crippen molar-refractivity contribution in [2.75, 3.05) is 18.5 Å². The van der Waals surface area contributed by atoms with Crippen LogP contribution in [0.25, 0.3) is 6.08 Å². The zero-order chi connectivity index (χ0) is 22.4. The zero-order valence-corrected chi connectivity index (χ0v) is 18.5. The quantitative estimate of drug-likeness (QED) is 0.285. The Hall–Kier alpha value is -3.41. The van der Waals surface area contributed by atoms with E-state index in [0.29, 0.717) is 32.9 Å². The molecule has 2 aromatic rings. The van der Waals surface area contributed by atoms with E-state index in [-0.39, 0.29) is 18.1 Å². The number of para-hydroxylation sites is 1. The molecule has 0 aliphatic carbocycles. The summed E-state index contributed by atoms with van der Waals surface area (Å²) in [5, 5.41) is 6.77. The molecule has 0 unspecified atom stereocenters. The zero-order valence-electron chi connectivity index (χ0n) is 16.4. The van der Waals surface area contributed by atoms with E-state index in [2.05, 4.69) is 5.32 Å². The third-order valence-corrected chi connectivity index (χ3v) is 4.79. The summed E-state index contributed by atoms with van der Waals surface area (Å²) in [7, 11) is 0. The van der Waals surface area contributed by atoms with Gasteiger partial charge in [0.2, 0.25) is 0 Å². The molecular weight excluding hydrogens is 517 g/mol. The highest BCUT2D eigenvalue weighted by molar-refractivity contribution is 14.1. The van der Waals surface area contributed by atoms with Gasteiger partial charge in [-0.25, -0.2) is 4.79 Å². The van der Waals surface area contributed by atoms with Crippen LogP contribution in [0.1, 0.15) is 12.5 Å². The van der Waals surface area contributed by atoms with E-state index >= 15 is 0 Å². The Bertz CT molecular complexity index is 1050. The van der Waals surface area contributed by atoms with Gasteiger partial charge >= 0.3 is 6.03 Å². The normalized spacial score (nSPS) is 13.2. The topological polar surface area (TPSA) is 123 Å². The number of rotatable bonds is 7. The van der Waals surface area contributed by atoms with Crippen molar-refractivity contribution in [2.45, 2.75) is 6.92 Å². The fourth-order valence-corrected chi connectivity index (χ4v) is 3.48. The van der Waals surface area contributed by atoms with E-state index in [4.69, 9.17) is 9.47 Å². The second kappa shape index (κ2) is 10.1. The van der Waals surface area contributed by atoms with E-state index in [9.17, 15) is 19.2 Å². The van der Waals surface area contributed by atoms with Crippen LogP contribution in [0.3, 0.4) is 0 Å². The number of anilines is 1. The average molecular weight is 535 g/mol. The largest absolute Gasteiger partial charge is 0.490 e. The first-order valence-electron chi connectivity index (χ1n) is 9.19. The predicted molar refractivity (Wildman–Crippen MR) is 121 cm³/mol. The first kappa shape index (κ1) is 22.3. The van der Waals surface area contributed by atoms with Crippen LogP contribution in [0.15, 0.2) is 48.0 Å². The number of halogens is 1. The molecule has 1 saturated heterocycles. The number of ether oxygens (including phenoxy) is 2. The molecule has 10 heteroatoms. The van der Waals surface area contributed by atoms with E-state index in [1.165, 1.54) is 6.08 Å². The number of benzene rings is 2. The summed E-state index contributed by atoms with van der Waals surface area (Å²) < 4.78 is 11.9. The van der Waals surface area contributed by atoms with E-state index < -0.39 is 17.8 Å². The van der Waals surface area contributed by atoms with Crippen molar-refractivity contribution in [3.05, 3.63) is 57.2 Å². The van der Waals surface area contributed by atoms with Crippen LogP contribution in [0.5, 0.6) is 11.5 Å². The lowest BCUT2D eigenvalue weighted by Crippen LogP contribution is -2.51. The second-order valence-corrected chi connectivity index (χ2v) is 7.42. The van der Waals surface area contributed by atoms with Crippen LogP contribution in [0.4, 0.5) is 10.5 Å². The summed E-state index contributed by atoms with van der Waals surface area (Å²) in [6.07, 6.45) is 1.34. The van der Waals surface area contributed by atoms with Gasteiger partial charge in [-0.05, 0) is 65.4 Å². The van der Waals surface area contributed by atoms with Gasteiger partial charge in [0.15, 0.2) is 18.1 Å². The van der Waals surface area contributed by atoms with Crippen LogP contribution < -0.4 is 25.4 Å². The maximum Gasteiger partial charge on any atom is 0.328 e. The number of amides is 5. The van der Waals surface area contributed by atoms with Gasteiger partial charge in [0, 0.05) is 5.69 Å². The van der Waals surface area contributed by atoms with Crippen molar-refractivity contribution in [1.82, 2.24) is 10.6 Å².